The van der Waals surface area contributed by atoms with Crippen molar-refractivity contribution >= 4 is 11.6 Å². The number of alkyl halides is 1. The highest BCUT2D eigenvalue weighted by Crippen LogP contribution is 1.87. The van der Waals surface area contributed by atoms with Gasteiger partial charge in [0.15, 0.2) is 0 Å². The van der Waals surface area contributed by atoms with Crippen LogP contribution < -0.4 is 5.73 Å². The maximum Gasteiger partial charge on any atom is 0.0701 e. The summed E-state index contributed by atoms with van der Waals surface area (Å²) in [4.78, 5) is 0. The molecule has 0 aromatic rings. The number of ether oxygens (including phenoxy) is 13. The number of halogens is 1. The molecule has 15 heteroatoms. The van der Waals surface area contributed by atoms with E-state index < -0.39 is 0 Å². The van der Waals surface area contributed by atoms with E-state index in [2.05, 4.69) is 0 Å². The summed E-state index contributed by atoms with van der Waals surface area (Å²) < 4.78 is 70.2. The largest absolute Gasteiger partial charge is 0.378 e. The predicted molar refractivity (Wildman–Crippen MR) is 160 cm³/mol. The van der Waals surface area contributed by atoms with Crippen LogP contribution in [0.2, 0.25) is 0 Å². The molecule has 0 bridgehead atoms. The van der Waals surface area contributed by atoms with Crippen LogP contribution in [0.15, 0.2) is 0 Å². The van der Waals surface area contributed by atoms with Crippen molar-refractivity contribution in [1.29, 1.82) is 0 Å². The Morgan fingerprint density at radius 2 is 0.372 bits per heavy atom. The van der Waals surface area contributed by atoms with E-state index in [9.17, 15) is 0 Å². The smallest absolute Gasteiger partial charge is 0.0701 e. The standard InChI is InChI=1S/C28H58ClNO13/c29-1-3-31-5-7-33-9-11-35-13-15-37-17-19-39-21-23-41-25-27-43-28-26-42-24-22-40-20-18-38-16-14-36-12-10-34-8-6-32-4-2-30/h1-28,30H2. The van der Waals surface area contributed by atoms with Crippen LogP contribution in [0.4, 0.5) is 0 Å². The van der Waals surface area contributed by atoms with E-state index in [0.29, 0.717) is 184 Å². The van der Waals surface area contributed by atoms with Gasteiger partial charge in [-0.15, -0.1) is 11.6 Å². The quantitative estimate of drug-likeness (QED) is 0.0720. The van der Waals surface area contributed by atoms with Crippen molar-refractivity contribution in [3.8, 4) is 0 Å². The highest BCUT2D eigenvalue weighted by molar-refractivity contribution is 6.17. The van der Waals surface area contributed by atoms with Crippen LogP contribution in [0.5, 0.6) is 0 Å². The van der Waals surface area contributed by atoms with E-state index in [0.717, 1.165) is 0 Å². The molecule has 0 aromatic carbocycles. The highest BCUT2D eigenvalue weighted by Gasteiger charge is 1.96. The van der Waals surface area contributed by atoms with Gasteiger partial charge < -0.3 is 67.3 Å². The first kappa shape index (κ1) is 42.7. The molecule has 14 nitrogen and oxygen atoms in total. The van der Waals surface area contributed by atoms with Gasteiger partial charge >= 0.3 is 0 Å². The predicted octanol–water partition coefficient (Wildman–Crippen LogP) is 0.400. The average Bonchev–Trinajstić information content (AvgIpc) is 3.02. The van der Waals surface area contributed by atoms with Gasteiger partial charge in [0.2, 0.25) is 0 Å². The molecule has 0 aliphatic heterocycles. The fourth-order valence-electron chi connectivity index (χ4n) is 2.88. The van der Waals surface area contributed by atoms with Crippen molar-refractivity contribution < 1.29 is 61.6 Å². The third-order valence-corrected chi connectivity index (χ3v) is 5.10. The summed E-state index contributed by atoms with van der Waals surface area (Å²) in [6.07, 6.45) is 0. The van der Waals surface area contributed by atoms with Crippen LogP contribution in [0.1, 0.15) is 0 Å². The first-order chi connectivity index (χ1) is 21.4. The van der Waals surface area contributed by atoms with Crippen LogP contribution >= 0.6 is 11.6 Å². The van der Waals surface area contributed by atoms with Crippen LogP contribution in [-0.2, 0) is 61.6 Å². The van der Waals surface area contributed by atoms with Crippen LogP contribution in [0.3, 0.4) is 0 Å². The molecule has 0 aliphatic carbocycles. The molecule has 0 spiro atoms. The summed E-state index contributed by atoms with van der Waals surface area (Å²) in [5.41, 5.74) is 5.33. The fraction of sp³-hybridized carbons (Fsp3) is 1.00. The molecule has 2 N–H and O–H groups in total. The Kier molecular flexibility index (Phi) is 41.5. The Morgan fingerprint density at radius 3 is 0.512 bits per heavy atom. The molecule has 260 valence electrons. The summed E-state index contributed by atoms with van der Waals surface area (Å²) in [7, 11) is 0. The maximum absolute atomic E-state index is 5.51. The molecule has 43 heavy (non-hydrogen) atoms. The van der Waals surface area contributed by atoms with E-state index >= 15 is 0 Å². The Morgan fingerprint density at radius 1 is 0.233 bits per heavy atom. The molecule has 0 aromatic heterocycles. The van der Waals surface area contributed by atoms with Crippen molar-refractivity contribution in [1.82, 2.24) is 0 Å². The molecular weight excluding hydrogens is 594 g/mol. The second-order valence-electron chi connectivity index (χ2n) is 8.44. The summed E-state index contributed by atoms with van der Waals surface area (Å²) in [6.45, 7) is 14.1. The molecule has 0 rings (SSSR count). The van der Waals surface area contributed by atoms with Crippen molar-refractivity contribution in [2.45, 2.75) is 0 Å². The zero-order valence-electron chi connectivity index (χ0n) is 26.1. The number of nitrogens with two attached hydrogens (primary N) is 1. The Labute approximate surface area is 263 Å². The van der Waals surface area contributed by atoms with Crippen LogP contribution in [0, 0.1) is 0 Å². The van der Waals surface area contributed by atoms with Crippen molar-refractivity contribution in [3.63, 3.8) is 0 Å². The van der Waals surface area contributed by atoms with Gasteiger partial charge in [-0.2, -0.15) is 0 Å². The third kappa shape index (κ3) is 41.7. The van der Waals surface area contributed by atoms with E-state index in [-0.39, 0.29) is 0 Å². The van der Waals surface area contributed by atoms with Crippen LogP contribution in [-0.4, -0.2) is 184 Å². The molecule has 0 amide bonds. The highest BCUT2D eigenvalue weighted by atomic mass is 35.5. The van der Waals surface area contributed by atoms with E-state index in [1.807, 2.05) is 0 Å². The molecule has 0 saturated heterocycles. The lowest BCUT2D eigenvalue weighted by Crippen LogP contribution is -2.16. The lowest BCUT2D eigenvalue weighted by Gasteiger charge is -2.09. The van der Waals surface area contributed by atoms with Gasteiger partial charge in [-0.25, -0.2) is 0 Å². The second kappa shape index (κ2) is 41.7. The SMILES string of the molecule is NCCOCCOCCOCCOCCOCCOCCOCCOCCOCCOCCOCCOCCOCCCl. The fourth-order valence-corrected chi connectivity index (χ4v) is 2.99. The minimum absolute atomic E-state index is 0.497. The van der Waals surface area contributed by atoms with Gasteiger partial charge in [0.25, 0.3) is 0 Å². The molecule has 0 saturated carbocycles. The molecule has 0 atom stereocenters. The van der Waals surface area contributed by atoms with Crippen LogP contribution in [0.25, 0.3) is 0 Å². The monoisotopic (exact) mass is 651 g/mol. The molecule has 0 unspecified atom stereocenters. The number of rotatable bonds is 40. The van der Waals surface area contributed by atoms with Gasteiger partial charge in [0.1, 0.15) is 0 Å². The van der Waals surface area contributed by atoms with Gasteiger partial charge in [0, 0.05) is 12.4 Å². The Hall–Kier alpha value is -0.270. The lowest BCUT2D eigenvalue weighted by atomic mass is 10.6. The minimum atomic E-state index is 0.497. The van der Waals surface area contributed by atoms with Gasteiger partial charge in [-0.05, 0) is 0 Å². The van der Waals surface area contributed by atoms with Gasteiger partial charge in [0.05, 0.1) is 172 Å². The molecule has 0 heterocycles. The zero-order chi connectivity index (χ0) is 31.0. The summed E-state index contributed by atoms with van der Waals surface area (Å²) in [6, 6.07) is 0. The Bertz CT molecular complexity index is 450. The third-order valence-electron chi connectivity index (χ3n) is 4.95. The van der Waals surface area contributed by atoms with E-state index in [1.54, 1.807) is 0 Å². The van der Waals surface area contributed by atoms with E-state index in [1.165, 1.54) is 0 Å². The summed E-state index contributed by atoms with van der Waals surface area (Å²) in [5, 5.41) is 0. The second-order valence-corrected chi connectivity index (χ2v) is 8.82. The first-order valence-electron chi connectivity index (χ1n) is 15.2. The maximum atomic E-state index is 5.51. The van der Waals surface area contributed by atoms with Crippen molar-refractivity contribution in [3.05, 3.63) is 0 Å². The number of hydrogen-bond acceptors (Lipinski definition) is 14. The summed E-state index contributed by atoms with van der Waals surface area (Å²) >= 11 is 5.51. The first-order valence-corrected chi connectivity index (χ1v) is 15.7. The summed E-state index contributed by atoms with van der Waals surface area (Å²) in [5.74, 6) is 0.497. The Balaban J connectivity index is 3.02. The topological polar surface area (TPSA) is 146 Å². The van der Waals surface area contributed by atoms with Crippen molar-refractivity contribution in [2.24, 2.45) is 5.73 Å². The molecule has 0 aliphatic rings. The molecule has 0 fully saturated rings. The van der Waals surface area contributed by atoms with E-state index in [4.69, 9.17) is 78.9 Å². The van der Waals surface area contributed by atoms with Crippen molar-refractivity contribution in [2.75, 3.05) is 184 Å². The zero-order valence-corrected chi connectivity index (χ0v) is 26.8. The normalized spacial score (nSPS) is 11.6. The van der Waals surface area contributed by atoms with Gasteiger partial charge in [-0.1, -0.05) is 0 Å². The average molecular weight is 652 g/mol. The van der Waals surface area contributed by atoms with Gasteiger partial charge in [-0.3, -0.25) is 0 Å². The lowest BCUT2D eigenvalue weighted by molar-refractivity contribution is -0.0289. The minimum Gasteiger partial charge on any atom is -0.378 e. The molecular formula is C28H58ClNO13. The number of hydrogen-bond donors (Lipinski definition) is 1. The molecule has 0 radical (unpaired) electrons.